The fourth-order valence-electron chi connectivity index (χ4n) is 6.43. The van der Waals surface area contributed by atoms with Crippen LogP contribution in [-0.4, -0.2) is 88.7 Å². The molecule has 4 rings (SSSR count). The van der Waals surface area contributed by atoms with Crippen molar-refractivity contribution in [1.29, 1.82) is 0 Å². The Labute approximate surface area is 205 Å². The van der Waals surface area contributed by atoms with Gasteiger partial charge in [-0.3, -0.25) is 29.1 Å². The van der Waals surface area contributed by atoms with Crippen LogP contribution in [-0.2, 0) is 14.4 Å². The molecule has 0 unspecified atom stereocenters. The van der Waals surface area contributed by atoms with Crippen LogP contribution in [0.4, 0.5) is 9.59 Å². The van der Waals surface area contributed by atoms with E-state index in [2.05, 4.69) is 5.32 Å². The molecule has 0 aromatic heterocycles. The summed E-state index contributed by atoms with van der Waals surface area (Å²) in [4.78, 5) is 69.6. The van der Waals surface area contributed by atoms with E-state index in [0.717, 1.165) is 37.0 Å². The molecular weight excluding hydrogens is 452 g/mol. The van der Waals surface area contributed by atoms with E-state index >= 15 is 0 Å². The van der Waals surface area contributed by atoms with Crippen LogP contribution < -0.4 is 11.1 Å². The van der Waals surface area contributed by atoms with Gasteiger partial charge >= 0.3 is 12.1 Å². The molecule has 0 atom stereocenters. The molecule has 2 heterocycles. The van der Waals surface area contributed by atoms with Crippen molar-refractivity contribution in [2.45, 2.75) is 76.3 Å². The van der Waals surface area contributed by atoms with E-state index in [0.29, 0.717) is 25.7 Å². The van der Waals surface area contributed by atoms with Gasteiger partial charge in [0, 0.05) is 33.7 Å². The van der Waals surface area contributed by atoms with Crippen molar-refractivity contribution < 1.29 is 24.0 Å². The molecular formula is C24H36N6O5. The van der Waals surface area contributed by atoms with Crippen LogP contribution in [0.3, 0.4) is 0 Å². The van der Waals surface area contributed by atoms with E-state index in [1.807, 2.05) is 6.92 Å². The van der Waals surface area contributed by atoms with Gasteiger partial charge in [-0.05, 0) is 50.4 Å². The number of carbonyl (C=O) groups is 5. The third-order valence-corrected chi connectivity index (χ3v) is 8.53. The SMILES string of the molecule is CCCCN1C(=O)/C(=C(/N)NC)C(=O)N(C2CCC3(CC2)CC2(CC(=O)N(C)C(=O)N2C)C3)C1=O. The topological polar surface area (TPSA) is 136 Å². The molecule has 11 nitrogen and oxygen atoms in total. The first-order valence-corrected chi connectivity index (χ1v) is 12.4. The van der Waals surface area contributed by atoms with Crippen molar-refractivity contribution in [1.82, 2.24) is 24.9 Å². The van der Waals surface area contributed by atoms with Crippen LogP contribution in [0.2, 0.25) is 0 Å². The number of imide groups is 3. The van der Waals surface area contributed by atoms with Crippen molar-refractivity contribution in [3.8, 4) is 0 Å². The first kappa shape index (κ1) is 25.0. The summed E-state index contributed by atoms with van der Waals surface area (Å²) in [5.41, 5.74) is 5.32. The Morgan fingerprint density at radius 3 is 2.23 bits per heavy atom. The molecule has 192 valence electrons. The molecule has 2 saturated carbocycles. The third kappa shape index (κ3) is 3.84. The van der Waals surface area contributed by atoms with Gasteiger partial charge in [-0.25, -0.2) is 9.59 Å². The van der Waals surface area contributed by atoms with E-state index in [4.69, 9.17) is 5.73 Å². The van der Waals surface area contributed by atoms with Crippen molar-refractivity contribution >= 4 is 29.8 Å². The Morgan fingerprint density at radius 2 is 1.66 bits per heavy atom. The van der Waals surface area contributed by atoms with Crippen LogP contribution in [0.1, 0.15) is 64.7 Å². The number of amides is 7. The molecule has 2 aliphatic heterocycles. The number of hydrogen-bond donors (Lipinski definition) is 2. The Kier molecular flexibility index (Phi) is 6.31. The predicted molar refractivity (Wildman–Crippen MR) is 126 cm³/mol. The lowest BCUT2D eigenvalue weighted by Crippen LogP contribution is -2.70. The van der Waals surface area contributed by atoms with Gasteiger partial charge in [-0.15, -0.1) is 0 Å². The van der Waals surface area contributed by atoms with Gasteiger partial charge in [-0.1, -0.05) is 13.3 Å². The number of unbranched alkanes of at least 4 members (excludes halogenated alkanes) is 1. The molecule has 2 aliphatic carbocycles. The second-order valence-corrected chi connectivity index (χ2v) is 10.6. The largest absolute Gasteiger partial charge is 0.385 e. The number of nitrogens with zero attached hydrogens (tertiary/aromatic N) is 4. The second kappa shape index (κ2) is 8.83. The monoisotopic (exact) mass is 488 g/mol. The Hall–Kier alpha value is -3.11. The number of nitrogens with two attached hydrogens (primary N) is 1. The summed E-state index contributed by atoms with van der Waals surface area (Å²) in [6.45, 7) is 2.20. The van der Waals surface area contributed by atoms with Crippen LogP contribution in [0.5, 0.6) is 0 Å². The summed E-state index contributed by atoms with van der Waals surface area (Å²) in [6.07, 6.45) is 6.05. The number of hydrogen-bond acceptors (Lipinski definition) is 7. The molecule has 4 fully saturated rings. The summed E-state index contributed by atoms with van der Waals surface area (Å²) >= 11 is 0. The van der Waals surface area contributed by atoms with Crippen LogP contribution >= 0.6 is 0 Å². The summed E-state index contributed by atoms with van der Waals surface area (Å²) in [5, 5.41) is 2.68. The lowest BCUT2D eigenvalue weighted by molar-refractivity contribution is -0.151. The minimum atomic E-state index is -0.649. The average Bonchev–Trinajstić information content (AvgIpc) is 2.81. The first-order valence-electron chi connectivity index (χ1n) is 12.4. The Balaban J connectivity index is 1.49. The maximum Gasteiger partial charge on any atom is 0.334 e. The van der Waals surface area contributed by atoms with Crippen molar-refractivity contribution in [3.63, 3.8) is 0 Å². The van der Waals surface area contributed by atoms with E-state index < -0.39 is 23.4 Å². The zero-order chi connectivity index (χ0) is 25.7. The Bertz CT molecular complexity index is 990. The third-order valence-electron chi connectivity index (χ3n) is 8.53. The minimum absolute atomic E-state index is 0.0104. The van der Waals surface area contributed by atoms with E-state index in [1.54, 1.807) is 11.9 Å². The van der Waals surface area contributed by atoms with Crippen LogP contribution in [0.25, 0.3) is 0 Å². The summed E-state index contributed by atoms with van der Waals surface area (Å²) in [7, 11) is 4.81. The first-order chi connectivity index (χ1) is 16.5. The number of carbonyl (C=O) groups excluding carboxylic acids is 5. The molecule has 11 heteroatoms. The molecule has 0 radical (unpaired) electrons. The number of rotatable bonds is 5. The summed E-state index contributed by atoms with van der Waals surface area (Å²) in [5.74, 6) is -1.48. The molecule has 2 saturated heterocycles. The minimum Gasteiger partial charge on any atom is -0.385 e. The lowest BCUT2D eigenvalue weighted by Gasteiger charge is -2.63. The smallest absolute Gasteiger partial charge is 0.334 e. The predicted octanol–water partition coefficient (Wildman–Crippen LogP) is 1.34. The van der Waals surface area contributed by atoms with Gasteiger partial charge < -0.3 is 16.0 Å². The van der Waals surface area contributed by atoms with Crippen molar-refractivity contribution in [2.75, 3.05) is 27.7 Å². The van der Waals surface area contributed by atoms with Gasteiger partial charge in [0.2, 0.25) is 5.91 Å². The van der Waals surface area contributed by atoms with E-state index in [-0.39, 0.29) is 41.3 Å². The quantitative estimate of drug-likeness (QED) is 0.440. The maximum atomic E-state index is 13.3. The van der Waals surface area contributed by atoms with Gasteiger partial charge in [-0.2, -0.15) is 0 Å². The average molecular weight is 489 g/mol. The van der Waals surface area contributed by atoms with Gasteiger partial charge in [0.25, 0.3) is 11.8 Å². The van der Waals surface area contributed by atoms with Crippen molar-refractivity contribution in [2.24, 2.45) is 11.1 Å². The highest BCUT2D eigenvalue weighted by atomic mass is 16.2. The van der Waals surface area contributed by atoms with Crippen molar-refractivity contribution in [3.05, 3.63) is 11.4 Å². The molecule has 35 heavy (non-hydrogen) atoms. The number of nitrogens with one attached hydrogen (secondary N) is 1. The normalized spacial score (nSPS) is 33.1. The molecule has 2 spiro atoms. The van der Waals surface area contributed by atoms with E-state index in [9.17, 15) is 24.0 Å². The highest BCUT2D eigenvalue weighted by Crippen LogP contribution is 2.61. The summed E-state index contributed by atoms with van der Waals surface area (Å²) in [6, 6.07) is -1.17. The number of barbiturate groups is 1. The standard InChI is InChI=1S/C24H36N6O5/c1-5-6-11-29-19(32)17(18(25)26-2)20(33)30(22(29)35)15-7-9-23(10-8-15)13-24(14-23)12-16(31)27(3)21(34)28(24)4/h15,26H,5-14,25H2,1-4H3/b18-17+. The summed E-state index contributed by atoms with van der Waals surface area (Å²) < 4.78 is 0. The van der Waals surface area contributed by atoms with Gasteiger partial charge in [0.05, 0.1) is 12.0 Å². The lowest BCUT2D eigenvalue weighted by atomic mass is 9.50. The highest BCUT2D eigenvalue weighted by Gasteiger charge is 2.62. The van der Waals surface area contributed by atoms with Gasteiger partial charge in [0.1, 0.15) is 11.4 Å². The molecule has 0 bridgehead atoms. The molecule has 4 aliphatic rings. The fourth-order valence-corrected chi connectivity index (χ4v) is 6.43. The molecule has 3 N–H and O–H groups in total. The second-order valence-electron chi connectivity index (χ2n) is 10.6. The highest BCUT2D eigenvalue weighted by molar-refractivity contribution is 6.29. The van der Waals surface area contributed by atoms with E-state index in [1.165, 1.54) is 23.9 Å². The van der Waals surface area contributed by atoms with Crippen LogP contribution in [0.15, 0.2) is 11.4 Å². The van der Waals surface area contributed by atoms with Crippen LogP contribution in [0, 0.1) is 5.41 Å². The molecule has 0 aromatic rings. The zero-order valence-corrected chi connectivity index (χ0v) is 21.1. The molecule has 7 amide bonds. The molecule has 0 aromatic carbocycles. The maximum absolute atomic E-state index is 13.3. The fraction of sp³-hybridized carbons (Fsp3) is 0.708. The van der Waals surface area contributed by atoms with Gasteiger partial charge in [0.15, 0.2) is 0 Å². The number of urea groups is 2. The Morgan fingerprint density at radius 1 is 1.03 bits per heavy atom. The zero-order valence-electron chi connectivity index (χ0n) is 21.1.